The molecule has 1 heterocycles. The van der Waals surface area contributed by atoms with Crippen LogP contribution in [0.5, 0.6) is 5.75 Å². The normalized spacial score (nSPS) is 11.2. The number of primary sulfonamides is 1. The highest BCUT2D eigenvalue weighted by Crippen LogP contribution is 2.41. The maximum atomic E-state index is 11.5. The van der Waals surface area contributed by atoms with Crippen molar-refractivity contribution in [2.45, 2.75) is 12.3 Å². The number of nitrogens with zero attached hydrogens (tertiary/aromatic N) is 1. The number of hydrogen-bond donors (Lipinski definition) is 4. The Morgan fingerprint density at radius 1 is 1.46 bits per heavy atom. The zero-order valence-electron chi connectivity index (χ0n) is 12.4. The standard InChI is InChI=1S/C14H15N3O6S/c1-16-12-11(17-6-9-3-2-4-23-9)10(14(19)20)5-8(13(12)18)7-24(15,21)22/h2-5,17-18H,1,6-7H2,(H,19,20)(H2,15,21,22). The number of sulfonamides is 1. The molecule has 0 radical (unpaired) electrons. The van der Waals surface area contributed by atoms with Gasteiger partial charge in [0.25, 0.3) is 0 Å². The number of phenols is 1. The highest BCUT2D eigenvalue weighted by molar-refractivity contribution is 7.88. The van der Waals surface area contributed by atoms with Crippen LogP contribution < -0.4 is 10.5 Å². The number of rotatable bonds is 7. The molecule has 0 bridgehead atoms. The van der Waals surface area contributed by atoms with Crippen molar-refractivity contribution in [3.8, 4) is 5.75 Å². The van der Waals surface area contributed by atoms with E-state index in [-0.39, 0.29) is 29.0 Å². The van der Waals surface area contributed by atoms with Crippen molar-refractivity contribution in [1.29, 1.82) is 0 Å². The van der Waals surface area contributed by atoms with Crippen molar-refractivity contribution in [3.63, 3.8) is 0 Å². The van der Waals surface area contributed by atoms with E-state index in [1.165, 1.54) is 6.26 Å². The summed E-state index contributed by atoms with van der Waals surface area (Å²) in [7, 11) is -3.98. The van der Waals surface area contributed by atoms with Gasteiger partial charge in [0.15, 0.2) is 0 Å². The van der Waals surface area contributed by atoms with Crippen LogP contribution in [-0.2, 0) is 22.3 Å². The Morgan fingerprint density at radius 3 is 2.67 bits per heavy atom. The first-order chi connectivity index (χ1) is 11.2. The molecule has 5 N–H and O–H groups in total. The van der Waals surface area contributed by atoms with E-state index in [1.54, 1.807) is 12.1 Å². The van der Waals surface area contributed by atoms with Gasteiger partial charge in [0.05, 0.1) is 29.8 Å². The number of carboxylic acid groups (broad SMARTS) is 1. The smallest absolute Gasteiger partial charge is 0.337 e. The van der Waals surface area contributed by atoms with Gasteiger partial charge in [-0.3, -0.25) is 4.99 Å². The quantitative estimate of drug-likeness (QED) is 0.548. The van der Waals surface area contributed by atoms with Crippen molar-refractivity contribution >= 4 is 34.1 Å². The lowest BCUT2D eigenvalue weighted by Crippen LogP contribution is -2.15. The number of aromatic carboxylic acids is 1. The number of benzene rings is 1. The Balaban J connectivity index is 2.53. The summed E-state index contributed by atoms with van der Waals surface area (Å²) >= 11 is 0. The van der Waals surface area contributed by atoms with Crippen LogP contribution in [0.4, 0.5) is 11.4 Å². The van der Waals surface area contributed by atoms with Crippen LogP contribution in [0.25, 0.3) is 0 Å². The van der Waals surface area contributed by atoms with E-state index in [1.807, 2.05) is 0 Å². The molecule has 0 atom stereocenters. The molecule has 0 unspecified atom stereocenters. The van der Waals surface area contributed by atoms with Gasteiger partial charge in [0.1, 0.15) is 17.2 Å². The highest BCUT2D eigenvalue weighted by atomic mass is 32.2. The van der Waals surface area contributed by atoms with Gasteiger partial charge >= 0.3 is 5.97 Å². The predicted octanol–water partition coefficient (Wildman–Crippen LogP) is 1.42. The number of phenolic OH excluding ortho intramolecular Hbond substituents is 1. The second-order valence-electron chi connectivity index (χ2n) is 4.86. The SMILES string of the molecule is C=Nc1c(O)c(CS(N)(=O)=O)cc(C(=O)O)c1NCc1ccco1. The lowest BCUT2D eigenvalue weighted by molar-refractivity contribution is 0.0697. The van der Waals surface area contributed by atoms with Gasteiger partial charge in [-0.25, -0.2) is 18.4 Å². The summed E-state index contributed by atoms with van der Waals surface area (Å²) in [6.45, 7) is 3.42. The van der Waals surface area contributed by atoms with Gasteiger partial charge in [0.2, 0.25) is 10.0 Å². The van der Waals surface area contributed by atoms with Gasteiger partial charge < -0.3 is 19.9 Å². The second-order valence-corrected chi connectivity index (χ2v) is 6.47. The summed E-state index contributed by atoms with van der Waals surface area (Å²) in [6, 6.07) is 4.36. The summed E-state index contributed by atoms with van der Waals surface area (Å²) < 4.78 is 27.6. The lowest BCUT2D eigenvalue weighted by Gasteiger charge is -2.15. The Kier molecular flexibility index (Phi) is 4.90. The van der Waals surface area contributed by atoms with Crippen molar-refractivity contribution < 1.29 is 27.8 Å². The first-order valence-electron chi connectivity index (χ1n) is 6.58. The fourth-order valence-corrected chi connectivity index (χ4v) is 2.78. The van der Waals surface area contributed by atoms with E-state index in [9.17, 15) is 23.4 Å². The number of aliphatic imine (C=N–C) groups is 1. The monoisotopic (exact) mass is 353 g/mol. The van der Waals surface area contributed by atoms with E-state index >= 15 is 0 Å². The number of carboxylic acids is 1. The topological polar surface area (TPSA) is 155 Å². The van der Waals surface area contributed by atoms with Crippen molar-refractivity contribution in [3.05, 3.63) is 41.3 Å². The molecular formula is C14H15N3O6S. The van der Waals surface area contributed by atoms with E-state index in [4.69, 9.17) is 9.56 Å². The molecular weight excluding hydrogens is 338 g/mol. The van der Waals surface area contributed by atoms with Gasteiger partial charge in [-0.1, -0.05) is 0 Å². The van der Waals surface area contributed by atoms with E-state index in [0.29, 0.717) is 5.76 Å². The van der Waals surface area contributed by atoms with E-state index in [2.05, 4.69) is 17.0 Å². The molecule has 0 saturated carbocycles. The molecule has 0 saturated heterocycles. The maximum absolute atomic E-state index is 11.5. The summed E-state index contributed by atoms with van der Waals surface area (Å²) in [5, 5.41) is 27.3. The van der Waals surface area contributed by atoms with Crippen molar-refractivity contribution in [1.82, 2.24) is 0 Å². The van der Waals surface area contributed by atoms with Gasteiger partial charge in [-0.2, -0.15) is 0 Å². The van der Waals surface area contributed by atoms with Crippen LogP contribution in [0, 0.1) is 0 Å². The molecule has 0 fully saturated rings. The van der Waals surface area contributed by atoms with Gasteiger partial charge in [-0.05, 0) is 24.9 Å². The first kappa shape index (κ1) is 17.5. The fourth-order valence-electron chi connectivity index (χ4n) is 2.13. The number of hydrogen-bond acceptors (Lipinski definition) is 7. The molecule has 128 valence electrons. The third kappa shape index (κ3) is 3.91. The molecule has 1 aromatic carbocycles. The molecule has 10 heteroatoms. The number of furan rings is 1. The van der Waals surface area contributed by atoms with Crippen LogP contribution in [-0.4, -0.2) is 31.3 Å². The molecule has 0 aliphatic carbocycles. The largest absolute Gasteiger partial charge is 0.505 e. The van der Waals surface area contributed by atoms with Crippen LogP contribution in [0.3, 0.4) is 0 Å². The van der Waals surface area contributed by atoms with E-state index < -0.39 is 27.5 Å². The average Bonchev–Trinajstić information content (AvgIpc) is 2.99. The van der Waals surface area contributed by atoms with Crippen LogP contribution >= 0.6 is 0 Å². The summed E-state index contributed by atoms with van der Waals surface area (Å²) in [5.74, 6) is -2.06. The molecule has 24 heavy (non-hydrogen) atoms. The highest BCUT2D eigenvalue weighted by Gasteiger charge is 2.23. The van der Waals surface area contributed by atoms with Crippen LogP contribution in [0.15, 0.2) is 33.9 Å². The number of nitrogens with one attached hydrogen (secondary N) is 1. The average molecular weight is 353 g/mol. The first-order valence-corrected chi connectivity index (χ1v) is 8.30. The summed E-state index contributed by atoms with van der Waals surface area (Å²) in [5.41, 5.74) is -0.647. The molecule has 2 aromatic rings. The summed E-state index contributed by atoms with van der Waals surface area (Å²) in [6.07, 6.45) is 1.45. The third-order valence-corrected chi connectivity index (χ3v) is 3.83. The van der Waals surface area contributed by atoms with Crippen molar-refractivity contribution in [2.75, 3.05) is 5.32 Å². The maximum Gasteiger partial charge on any atom is 0.337 e. The summed E-state index contributed by atoms with van der Waals surface area (Å²) in [4.78, 5) is 15.1. The van der Waals surface area contributed by atoms with Crippen molar-refractivity contribution in [2.24, 2.45) is 10.1 Å². The molecule has 1 aromatic heterocycles. The zero-order chi connectivity index (χ0) is 17.9. The Bertz CT molecular complexity index is 874. The number of nitrogens with two attached hydrogens (primary N) is 1. The van der Waals surface area contributed by atoms with Crippen LogP contribution in [0.1, 0.15) is 21.7 Å². The fraction of sp³-hybridized carbons (Fsp3) is 0.143. The minimum Gasteiger partial charge on any atom is -0.505 e. The molecule has 2 rings (SSSR count). The lowest BCUT2D eigenvalue weighted by atomic mass is 10.1. The third-order valence-electron chi connectivity index (χ3n) is 3.12. The zero-order valence-corrected chi connectivity index (χ0v) is 13.2. The molecule has 0 aliphatic rings. The van der Waals surface area contributed by atoms with Crippen LogP contribution in [0.2, 0.25) is 0 Å². The predicted molar refractivity (Wildman–Crippen MR) is 87.1 cm³/mol. The minimum atomic E-state index is -3.98. The van der Waals surface area contributed by atoms with E-state index in [0.717, 1.165) is 6.07 Å². The van der Waals surface area contributed by atoms with Gasteiger partial charge in [0, 0.05) is 5.56 Å². The Labute approximate surface area is 137 Å². The van der Waals surface area contributed by atoms with Gasteiger partial charge in [-0.15, -0.1) is 0 Å². The molecule has 0 aliphatic heterocycles. The number of carbonyl (C=O) groups is 1. The minimum absolute atomic E-state index is 0.00966. The molecule has 0 spiro atoms. The Hall–Kier alpha value is -2.85. The number of anilines is 1. The molecule has 0 amide bonds. The second kappa shape index (κ2) is 6.72. The Morgan fingerprint density at radius 2 is 2.17 bits per heavy atom. The number of aromatic hydroxyl groups is 1. The molecule has 9 nitrogen and oxygen atoms in total.